The number of para-hydroxylation sites is 2. The second-order valence-corrected chi connectivity index (χ2v) is 8.93. The number of carbonyl (C=O) groups excluding carboxylic acids is 1. The first-order valence-corrected chi connectivity index (χ1v) is 11.0. The van der Waals surface area contributed by atoms with Crippen LogP contribution in [0.1, 0.15) is 21.7 Å². The molecule has 0 aliphatic rings. The Kier molecular flexibility index (Phi) is 5.56. The predicted octanol–water partition coefficient (Wildman–Crippen LogP) is 2.79. The van der Waals surface area contributed by atoms with Gasteiger partial charge in [-0.15, -0.1) is 0 Å². The molecule has 1 N–H and O–H groups in total. The number of rotatable bonds is 5. The number of hydrogen-bond acceptors (Lipinski definition) is 3. The van der Waals surface area contributed by atoms with Crippen molar-refractivity contribution in [3.63, 3.8) is 0 Å². The molecule has 1 heterocycles. The quantitative estimate of drug-likeness (QED) is 0.479. The Morgan fingerprint density at radius 1 is 0.897 bits per heavy atom. The van der Waals surface area contributed by atoms with Gasteiger partial charge in [-0.1, -0.05) is 0 Å². The molecular formula is C23H20N4OSe. The van der Waals surface area contributed by atoms with Crippen molar-refractivity contribution in [3.05, 3.63) is 95.8 Å². The number of nitrogens with zero attached hydrogens (tertiary/aromatic N) is 3. The van der Waals surface area contributed by atoms with Crippen molar-refractivity contribution in [1.29, 1.82) is 0 Å². The van der Waals surface area contributed by atoms with E-state index >= 15 is 0 Å². The van der Waals surface area contributed by atoms with Crippen LogP contribution >= 0.6 is 0 Å². The van der Waals surface area contributed by atoms with Crippen LogP contribution in [0.25, 0.3) is 5.69 Å². The fourth-order valence-electron chi connectivity index (χ4n) is 3.00. The van der Waals surface area contributed by atoms with E-state index in [0.29, 0.717) is 11.4 Å². The summed E-state index contributed by atoms with van der Waals surface area (Å²) in [6.45, 7) is 3.83. The van der Waals surface area contributed by atoms with E-state index in [9.17, 15) is 4.79 Å². The molecule has 0 aliphatic heterocycles. The summed E-state index contributed by atoms with van der Waals surface area (Å²) in [5, 5.41) is 11.4. The zero-order chi connectivity index (χ0) is 20.2. The molecule has 0 aliphatic carbocycles. The van der Waals surface area contributed by atoms with Gasteiger partial charge in [-0.05, 0) is 0 Å². The van der Waals surface area contributed by atoms with E-state index in [1.807, 2.05) is 62.4 Å². The Bertz CT molecular complexity index is 1150. The van der Waals surface area contributed by atoms with Gasteiger partial charge in [0.25, 0.3) is 0 Å². The molecule has 0 spiro atoms. The zero-order valence-electron chi connectivity index (χ0n) is 16.2. The van der Waals surface area contributed by atoms with Gasteiger partial charge in [0.05, 0.1) is 0 Å². The Balaban J connectivity index is 1.64. The molecule has 4 rings (SSSR count). The van der Waals surface area contributed by atoms with Gasteiger partial charge >= 0.3 is 176 Å². The third kappa shape index (κ3) is 4.14. The molecule has 144 valence electrons. The summed E-state index contributed by atoms with van der Waals surface area (Å²) < 4.78 is 4.22. The molecule has 1 amide bonds. The van der Waals surface area contributed by atoms with Crippen molar-refractivity contribution in [1.82, 2.24) is 15.0 Å². The van der Waals surface area contributed by atoms with E-state index in [-0.39, 0.29) is 20.9 Å². The standard InChI is InChI=1S/C23H20N4OSe/c1-16-10-6-7-13-19(16)24-23(28)22-17(2)27(26-25-22)20-14-8-9-15-21(20)29-18-11-4-3-5-12-18/h3-15H,1-2H3,(H,24,28). The fraction of sp³-hybridized carbons (Fsp3) is 0.0870. The molecule has 3 aromatic carbocycles. The van der Waals surface area contributed by atoms with Crippen LogP contribution < -0.4 is 14.2 Å². The monoisotopic (exact) mass is 448 g/mol. The number of aryl methyl sites for hydroxylation is 1. The Morgan fingerprint density at radius 3 is 2.38 bits per heavy atom. The van der Waals surface area contributed by atoms with Crippen LogP contribution in [0.15, 0.2) is 78.9 Å². The normalized spacial score (nSPS) is 10.7. The van der Waals surface area contributed by atoms with Crippen molar-refractivity contribution in [2.75, 3.05) is 5.32 Å². The molecule has 5 nitrogen and oxygen atoms in total. The SMILES string of the molecule is Cc1ccccc1NC(=O)c1nnn(-c2ccccc2[Se]c2ccccc2)c1C. The van der Waals surface area contributed by atoms with Gasteiger partial charge in [0.2, 0.25) is 0 Å². The topological polar surface area (TPSA) is 59.8 Å². The number of anilines is 1. The summed E-state index contributed by atoms with van der Waals surface area (Å²) in [5.74, 6) is -0.255. The van der Waals surface area contributed by atoms with Gasteiger partial charge in [0, 0.05) is 0 Å². The van der Waals surface area contributed by atoms with Gasteiger partial charge in [-0.3, -0.25) is 0 Å². The number of nitrogens with one attached hydrogen (secondary N) is 1. The molecular weight excluding hydrogens is 427 g/mol. The summed E-state index contributed by atoms with van der Waals surface area (Å²) >= 11 is 0.125. The van der Waals surface area contributed by atoms with E-state index in [1.54, 1.807) is 4.68 Å². The first kappa shape index (κ1) is 19.1. The van der Waals surface area contributed by atoms with Crippen molar-refractivity contribution >= 4 is 35.5 Å². The van der Waals surface area contributed by atoms with E-state index in [0.717, 1.165) is 16.9 Å². The number of hydrogen-bond donors (Lipinski definition) is 1. The molecule has 4 aromatic rings. The molecule has 0 bridgehead atoms. The van der Waals surface area contributed by atoms with Gasteiger partial charge < -0.3 is 0 Å². The van der Waals surface area contributed by atoms with Crippen LogP contribution in [0.4, 0.5) is 5.69 Å². The molecule has 1 aromatic heterocycles. The van der Waals surface area contributed by atoms with Crippen LogP contribution in [0.2, 0.25) is 0 Å². The van der Waals surface area contributed by atoms with Crippen molar-refractivity contribution in [2.24, 2.45) is 0 Å². The predicted molar refractivity (Wildman–Crippen MR) is 117 cm³/mol. The molecule has 0 atom stereocenters. The summed E-state index contributed by atoms with van der Waals surface area (Å²) in [6.07, 6.45) is 0. The molecule has 0 saturated carbocycles. The van der Waals surface area contributed by atoms with E-state index in [2.05, 4.69) is 46.0 Å². The summed E-state index contributed by atoms with van der Waals surface area (Å²) in [5.41, 5.74) is 3.78. The minimum atomic E-state index is -0.255. The average molecular weight is 447 g/mol. The van der Waals surface area contributed by atoms with Crippen molar-refractivity contribution in [3.8, 4) is 5.69 Å². The van der Waals surface area contributed by atoms with Gasteiger partial charge in [0.15, 0.2) is 0 Å². The molecule has 29 heavy (non-hydrogen) atoms. The fourth-order valence-corrected chi connectivity index (χ4v) is 5.00. The molecule has 0 radical (unpaired) electrons. The van der Waals surface area contributed by atoms with E-state index in [4.69, 9.17) is 0 Å². The Morgan fingerprint density at radius 2 is 1.59 bits per heavy atom. The van der Waals surface area contributed by atoms with E-state index < -0.39 is 0 Å². The van der Waals surface area contributed by atoms with Gasteiger partial charge in [0.1, 0.15) is 0 Å². The Hall–Kier alpha value is -3.21. The van der Waals surface area contributed by atoms with Gasteiger partial charge in [-0.2, -0.15) is 0 Å². The average Bonchev–Trinajstić information content (AvgIpc) is 3.12. The summed E-state index contributed by atoms with van der Waals surface area (Å²) in [4.78, 5) is 12.8. The number of amides is 1. The number of carbonyl (C=O) groups is 1. The number of benzene rings is 3. The number of aromatic nitrogens is 3. The molecule has 6 heteroatoms. The third-order valence-electron chi connectivity index (χ3n) is 4.57. The maximum absolute atomic E-state index is 12.8. The van der Waals surface area contributed by atoms with E-state index in [1.165, 1.54) is 8.92 Å². The first-order chi connectivity index (χ1) is 14.1. The summed E-state index contributed by atoms with van der Waals surface area (Å²) in [6, 6.07) is 26.2. The van der Waals surface area contributed by atoms with Crippen molar-refractivity contribution < 1.29 is 4.79 Å². The van der Waals surface area contributed by atoms with Crippen LogP contribution in [0.3, 0.4) is 0 Å². The van der Waals surface area contributed by atoms with Crippen LogP contribution in [-0.4, -0.2) is 35.9 Å². The zero-order valence-corrected chi connectivity index (χ0v) is 17.9. The second kappa shape index (κ2) is 8.43. The molecule has 0 unspecified atom stereocenters. The minimum absolute atomic E-state index is 0.125. The van der Waals surface area contributed by atoms with Crippen LogP contribution in [-0.2, 0) is 0 Å². The van der Waals surface area contributed by atoms with Crippen LogP contribution in [0.5, 0.6) is 0 Å². The second-order valence-electron chi connectivity index (χ2n) is 6.59. The molecule has 0 saturated heterocycles. The van der Waals surface area contributed by atoms with Crippen molar-refractivity contribution in [2.45, 2.75) is 13.8 Å². The Labute approximate surface area is 175 Å². The summed E-state index contributed by atoms with van der Waals surface area (Å²) in [7, 11) is 0. The maximum atomic E-state index is 12.8. The van der Waals surface area contributed by atoms with Gasteiger partial charge in [-0.25, -0.2) is 0 Å². The van der Waals surface area contributed by atoms with Crippen LogP contribution in [0, 0.1) is 13.8 Å². The molecule has 0 fully saturated rings. The first-order valence-electron chi connectivity index (χ1n) is 9.25. The third-order valence-corrected chi connectivity index (χ3v) is 6.82.